The zero-order valence-corrected chi connectivity index (χ0v) is 11.5. The Morgan fingerprint density at radius 1 is 1.14 bits per heavy atom. The second-order valence-electron chi connectivity index (χ2n) is 4.80. The molecule has 0 aromatic heterocycles. The zero-order chi connectivity index (χ0) is 16.0. The van der Waals surface area contributed by atoms with Crippen molar-refractivity contribution in [2.24, 2.45) is 5.92 Å². The molecule has 21 heavy (non-hydrogen) atoms. The molecule has 0 bridgehead atoms. The Hall–Kier alpha value is -1.96. The van der Waals surface area contributed by atoms with Crippen molar-refractivity contribution >= 4 is 11.9 Å². The summed E-state index contributed by atoms with van der Waals surface area (Å²) in [6, 6.07) is 5.26. The molecule has 0 amide bonds. The van der Waals surface area contributed by atoms with Crippen LogP contribution in [0.5, 0.6) is 0 Å². The van der Waals surface area contributed by atoms with Crippen LogP contribution in [0.25, 0.3) is 0 Å². The Balaban J connectivity index is 2.60. The number of aromatic carboxylic acids is 1. The second-order valence-corrected chi connectivity index (χ2v) is 4.80. The summed E-state index contributed by atoms with van der Waals surface area (Å²) in [5.41, 5.74) is -0.0421. The monoisotopic (exact) mass is 298 g/mol. The van der Waals surface area contributed by atoms with Crippen LogP contribution in [0.4, 0.5) is 0 Å². The molecule has 1 aromatic rings. The molecule has 0 saturated carbocycles. The van der Waals surface area contributed by atoms with E-state index in [1.807, 2.05) is 0 Å². The molecule has 0 aliphatic rings. The number of carbonyl (C=O) groups excluding carboxylic acids is 1. The predicted octanol–water partition coefficient (Wildman–Crippen LogP) is 0.587. The number of benzene rings is 1. The molecule has 7 nitrogen and oxygen atoms in total. The second kappa shape index (κ2) is 7.72. The molecular formula is C14H18O7. The fraction of sp³-hybridized carbons (Fsp3) is 0.429. The fourth-order valence-electron chi connectivity index (χ4n) is 1.82. The predicted molar refractivity (Wildman–Crippen MR) is 71.4 cm³/mol. The number of rotatable bonds is 7. The van der Waals surface area contributed by atoms with Gasteiger partial charge in [0.25, 0.3) is 0 Å². The summed E-state index contributed by atoms with van der Waals surface area (Å²) in [5, 5.41) is 36.0. The van der Waals surface area contributed by atoms with Crippen molar-refractivity contribution in [2.45, 2.75) is 32.3 Å². The van der Waals surface area contributed by atoms with Crippen LogP contribution in [0.15, 0.2) is 24.3 Å². The van der Waals surface area contributed by atoms with Gasteiger partial charge in [-0.2, -0.15) is 0 Å². The lowest BCUT2D eigenvalue weighted by molar-refractivity contribution is -0.0900. The minimum atomic E-state index is -1.49. The first-order chi connectivity index (χ1) is 9.79. The highest BCUT2D eigenvalue weighted by Gasteiger charge is 2.18. The Bertz CT molecular complexity index is 498. The summed E-state index contributed by atoms with van der Waals surface area (Å²) in [4.78, 5) is 22.6. The van der Waals surface area contributed by atoms with E-state index in [1.54, 1.807) is 6.92 Å². The molecule has 2 unspecified atom stereocenters. The first-order valence-corrected chi connectivity index (χ1v) is 6.38. The maximum atomic E-state index is 11.8. The number of aliphatic hydroxyl groups is 3. The fourth-order valence-corrected chi connectivity index (χ4v) is 1.82. The maximum Gasteiger partial charge on any atom is 0.340 e. The molecule has 0 spiro atoms. The smallest absolute Gasteiger partial charge is 0.340 e. The number of carboxylic acids is 1. The van der Waals surface area contributed by atoms with Crippen LogP contribution < -0.4 is 0 Å². The van der Waals surface area contributed by atoms with Gasteiger partial charge in [0, 0.05) is 12.8 Å². The largest absolute Gasteiger partial charge is 0.478 e. The third-order valence-electron chi connectivity index (χ3n) is 2.81. The topological polar surface area (TPSA) is 124 Å². The van der Waals surface area contributed by atoms with Gasteiger partial charge in [-0.25, -0.2) is 9.59 Å². The highest BCUT2D eigenvalue weighted by molar-refractivity contribution is 5.94. The van der Waals surface area contributed by atoms with E-state index in [-0.39, 0.29) is 29.9 Å². The van der Waals surface area contributed by atoms with Crippen molar-refractivity contribution in [1.29, 1.82) is 0 Å². The van der Waals surface area contributed by atoms with Crippen molar-refractivity contribution in [3.05, 3.63) is 35.4 Å². The summed E-state index contributed by atoms with van der Waals surface area (Å²) < 4.78 is 4.78. The quantitative estimate of drug-likeness (QED) is 0.429. The Morgan fingerprint density at radius 3 is 2.33 bits per heavy atom. The molecule has 1 aromatic carbocycles. The van der Waals surface area contributed by atoms with Crippen LogP contribution >= 0.6 is 0 Å². The first-order valence-electron chi connectivity index (χ1n) is 6.38. The van der Waals surface area contributed by atoms with Crippen LogP contribution in [-0.2, 0) is 4.74 Å². The van der Waals surface area contributed by atoms with E-state index in [2.05, 4.69) is 0 Å². The molecular weight excluding hydrogens is 280 g/mol. The van der Waals surface area contributed by atoms with Crippen molar-refractivity contribution in [3.63, 3.8) is 0 Å². The SMILES string of the molecule is CC(CC(O)O)CC(O)OC(=O)c1cccc(C(=O)O)c1. The van der Waals surface area contributed by atoms with E-state index < -0.39 is 24.5 Å². The van der Waals surface area contributed by atoms with Crippen molar-refractivity contribution in [2.75, 3.05) is 0 Å². The molecule has 7 heteroatoms. The van der Waals surface area contributed by atoms with E-state index in [0.717, 1.165) is 6.07 Å². The highest BCUT2D eigenvalue weighted by atomic mass is 16.6. The normalized spacial score (nSPS) is 13.8. The third kappa shape index (κ3) is 5.90. The molecule has 0 aliphatic heterocycles. The van der Waals surface area contributed by atoms with Crippen LogP contribution in [0.1, 0.15) is 40.5 Å². The van der Waals surface area contributed by atoms with Crippen LogP contribution in [0.3, 0.4) is 0 Å². The van der Waals surface area contributed by atoms with Crippen molar-refractivity contribution < 1.29 is 34.8 Å². The number of ether oxygens (including phenoxy) is 1. The average Bonchev–Trinajstić information content (AvgIpc) is 2.37. The van der Waals surface area contributed by atoms with Gasteiger partial charge >= 0.3 is 11.9 Å². The number of hydrogen-bond acceptors (Lipinski definition) is 6. The van der Waals surface area contributed by atoms with E-state index in [1.165, 1.54) is 18.2 Å². The van der Waals surface area contributed by atoms with Gasteiger partial charge in [-0.3, -0.25) is 0 Å². The molecule has 0 radical (unpaired) electrons. The summed E-state index contributed by atoms with van der Waals surface area (Å²) in [6.45, 7) is 1.67. The van der Waals surface area contributed by atoms with Gasteiger partial charge in [0.15, 0.2) is 6.29 Å². The Labute approximate surface area is 121 Å². The zero-order valence-electron chi connectivity index (χ0n) is 11.5. The number of carboxylic acid groups (broad SMARTS) is 1. The van der Waals surface area contributed by atoms with Gasteiger partial charge < -0.3 is 25.2 Å². The molecule has 0 saturated heterocycles. The van der Waals surface area contributed by atoms with Gasteiger partial charge in [-0.1, -0.05) is 13.0 Å². The standard InChI is InChI=1S/C14H18O7/c1-8(5-11(15)16)6-12(17)21-14(20)10-4-2-3-9(7-10)13(18)19/h2-4,7-8,11-12,15-17H,5-6H2,1H3,(H,18,19). The van der Waals surface area contributed by atoms with Gasteiger partial charge in [-0.05, 0) is 24.1 Å². The maximum absolute atomic E-state index is 11.8. The van der Waals surface area contributed by atoms with Crippen LogP contribution in [0, 0.1) is 5.92 Å². The molecule has 2 atom stereocenters. The number of esters is 1. The van der Waals surface area contributed by atoms with E-state index >= 15 is 0 Å². The highest BCUT2D eigenvalue weighted by Crippen LogP contribution is 2.15. The lowest BCUT2D eigenvalue weighted by Crippen LogP contribution is -2.22. The lowest BCUT2D eigenvalue weighted by atomic mass is 10.0. The lowest BCUT2D eigenvalue weighted by Gasteiger charge is -2.17. The van der Waals surface area contributed by atoms with E-state index in [4.69, 9.17) is 20.1 Å². The van der Waals surface area contributed by atoms with Crippen molar-refractivity contribution in [3.8, 4) is 0 Å². The Morgan fingerprint density at radius 2 is 1.76 bits per heavy atom. The third-order valence-corrected chi connectivity index (χ3v) is 2.81. The molecule has 116 valence electrons. The van der Waals surface area contributed by atoms with Crippen LogP contribution in [0.2, 0.25) is 0 Å². The summed E-state index contributed by atoms with van der Waals surface area (Å²) >= 11 is 0. The molecule has 0 heterocycles. The van der Waals surface area contributed by atoms with Gasteiger partial charge in [0.05, 0.1) is 11.1 Å². The molecule has 0 fully saturated rings. The molecule has 1 rings (SSSR count). The number of carbonyl (C=O) groups is 2. The summed E-state index contributed by atoms with van der Waals surface area (Å²) in [5.74, 6) is -2.28. The average molecular weight is 298 g/mol. The summed E-state index contributed by atoms with van der Waals surface area (Å²) in [6.07, 6.45) is -2.81. The summed E-state index contributed by atoms with van der Waals surface area (Å²) in [7, 11) is 0. The molecule has 0 aliphatic carbocycles. The van der Waals surface area contributed by atoms with E-state index in [0.29, 0.717) is 0 Å². The minimum Gasteiger partial charge on any atom is -0.478 e. The molecule has 4 N–H and O–H groups in total. The van der Waals surface area contributed by atoms with Crippen LogP contribution in [-0.4, -0.2) is 44.9 Å². The van der Waals surface area contributed by atoms with E-state index in [9.17, 15) is 14.7 Å². The number of hydrogen-bond donors (Lipinski definition) is 4. The van der Waals surface area contributed by atoms with Crippen molar-refractivity contribution in [1.82, 2.24) is 0 Å². The van der Waals surface area contributed by atoms with Gasteiger partial charge in [0.2, 0.25) is 6.29 Å². The number of aliphatic hydroxyl groups excluding tert-OH is 2. The first kappa shape index (κ1) is 17.1. The van der Waals surface area contributed by atoms with Gasteiger partial charge in [-0.15, -0.1) is 0 Å². The Kier molecular flexibility index (Phi) is 6.29. The van der Waals surface area contributed by atoms with Gasteiger partial charge in [0.1, 0.15) is 0 Å². The minimum absolute atomic E-state index is 0.0174.